The number of nitrogens with one attached hydrogen (secondary N) is 2. The largest absolute Gasteiger partial charge is 0.390 e. The fourth-order valence-corrected chi connectivity index (χ4v) is 5.50. The van der Waals surface area contributed by atoms with Crippen molar-refractivity contribution >= 4 is 11.8 Å². The number of aromatic nitrogens is 1. The van der Waals surface area contributed by atoms with Crippen LogP contribution in [0.25, 0.3) is 0 Å². The zero-order valence-electron chi connectivity index (χ0n) is 25.2. The van der Waals surface area contributed by atoms with Crippen molar-refractivity contribution in [1.82, 2.24) is 20.5 Å². The number of benzene rings is 2. The van der Waals surface area contributed by atoms with Crippen LogP contribution in [0.4, 0.5) is 0 Å². The van der Waals surface area contributed by atoms with E-state index in [9.17, 15) is 14.7 Å². The van der Waals surface area contributed by atoms with E-state index in [2.05, 4.69) is 35.5 Å². The molecule has 0 unspecified atom stereocenters. The number of carbonyl (C=O) groups excluding carboxylic acids is 2. The molecule has 1 aliphatic heterocycles. The van der Waals surface area contributed by atoms with E-state index >= 15 is 0 Å². The number of likely N-dealkylation sites (tertiary alicyclic amines) is 1. The van der Waals surface area contributed by atoms with Crippen molar-refractivity contribution in [3.63, 3.8) is 0 Å². The zero-order chi connectivity index (χ0) is 30.1. The van der Waals surface area contributed by atoms with Gasteiger partial charge in [0.1, 0.15) is 0 Å². The molecule has 3 N–H and O–H groups in total. The van der Waals surface area contributed by atoms with Crippen molar-refractivity contribution in [3.05, 3.63) is 100 Å². The molecule has 0 radical (unpaired) electrons. The normalized spacial score (nSPS) is 16.4. The molecule has 1 aliphatic rings. The Morgan fingerprint density at radius 2 is 1.83 bits per heavy atom. The number of hydrogen-bond donors (Lipinski definition) is 3. The third kappa shape index (κ3) is 8.47. The fraction of sp³-hybridized carbons (Fsp3) is 0.441. The van der Waals surface area contributed by atoms with E-state index in [0.717, 1.165) is 29.5 Å². The number of hydrogen-bond acceptors (Lipinski definition) is 6. The molecule has 8 nitrogen and oxygen atoms in total. The molecule has 3 aromatic rings. The quantitative estimate of drug-likeness (QED) is 0.283. The second kappa shape index (κ2) is 15.0. The van der Waals surface area contributed by atoms with Gasteiger partial charge in [-0.3, -0.25) is 14.6 Å². The van der Waals surface area contributed by atoms with Gasteiger partial charge in [-0.25, -0.2) is 0 Å². The van der Waals surface area contributed by atoms with Crippen LogP contribution in [0.3, 0.4) is 0 Å². The van der Waals surface area contributed by atoms with E-state index < -0.39 is 12.1 Å². The highest BCUT2D eigenvalue weighted by Crippen LogP contribution is 2.22. The topological polar surface area (TPSA) is 104 Å². The maximum absolute atomic E-state index is 13.6. The van der Waals surface area contributed by atoms with Crippen LogP contribution in [0.15, 0.2) is 67.0 Å². The molecule has 0 saturated carbocycles. The minimum absolute atomic E-state index is 0.0433. The lowest BCUT2D eigenvalue weighted by molar-refractivity contribution is 0.0630. The maximum Gasteiger partial charge on any atom is 0.254 e. The molecule has 1 fully saturated rings. The molecule has 42 heavy (non-hydrogen) atoms. The van der Waals surface area contributed by atoms with Gasteiger partial charge in [-0.15, -0.1) is 0 Å². The van der Waals surface area contributed by atoms with Crippen LogP contribution in [-0.2, 0) is 17.7 Å². The van der Waals surface area contributed by atoms with Crippen molar-refractivity contribution in [2.75, 3.05) is 26.8 Å². The first-order valence-electron chi connectivity index (χ1n) is 14.8. The van der Waals surface area contributed by atoms with Crippen molar-refractivity contribution < 1.29 is 19.4 Å². The first kappa shape index (κ1) is 31.3. The van der Waals surface area contributed by atoms with Crippen LogP contribution in [0.1, 0.15) is 75.6 Å². The molecule has 0 spiro atoms. The van der Waals surface area contributed by atoms with Gasteiger partial charge in [0.15, 0.2) is 0 Å². The highest BCUT2D eigenvalue weighted by atomic mass is 16.5. The summed E-state index contributed by atoms with van der Waals surface area (Å²) < 4.78 is 5.32. The molecule has 0 aliphatic carbocycles. The van der Waals surface area contributed by atoms with E-state index in [1.54, 1.807) is 19.2 Å². The molecule has 0 bridgehead atoms. The summed E-state index contributed by atoms with van der Waals surface area (Å²) in [7, 11) is 1.65. The molecular formula is C34H44N4O4. The van der Waals surface area contributed by atoms with Crippen LogP contribution in [0, 0.1) is 6.92 Å². The van der Waals surface area contributed by atoms with Crippen molar-refractivity contribution in [2.24, 2.45) is 0 Å². The minimum Gasteiger partial charge on any atom is -0.390 e. The van der Waals surface area contributed by atoms with Gasteiger partial charge in [0.2, 0.25) is 0 Å². The number of nitrogens with zero attached hydrogens (tertiary/aromatic N) is 2. The lowest BCUT2D eigenvalue weighted by atomic mass is 9.99. The van der Waals surface area contributed by atoms with E-state index in [4.69, 9.17) is 4.74 Å². The molecule has 224 valence electrons. The highest BCUT2D eigenvalue weighted by molar-refractivity contribution is 6.00. The molecule has 2 aromatic carbocycles. The molecule has 1 saturated heterocycles. The third-order valence-corrected chi connectivity index (χ3v) is 7.83. The first-order chi connectivity index (χ1) is 20.2. The molecule has 4 rings (SSSR count). The Kier molecular flexibility index (Phi) is 11.2. The summed E-state index contributed by atoms with van der Waals surface area (Å²) in [6, 6.07) is 16.7. The van der Waals surface area contributed by atoms with Gasteiger partial charge >= 0.3 is 0 Å². The first-order valence-corrected chi connectivity index (χ1v) is 14.8. The van der Waals surface area contributed by atoms with Gasteiger partial charge in [-0.05, 0) is 72.6 Å². The fourth-order valence-electron chi connectivity index (χ4n) is 5.50. The van der Waals surface area contributed by atoms with Gasteiger partial charge in [0.05, 0.1) is 24.8 Å². The molecule has 1 aromatic heterocycles. The summed E-state index contributed by atoms with van der Waals surface area (Å²) in [4.78, 5) is 33.2. The number of methoxy groups -OCH3 is 1. The Labute approximate surface area is 249 Å². The standard InChI is InChI=1S/C34H44N4O4/c1-23(2)29-15-26(18-35-20-29)19-36-21-32(39)31(16-25-9-6-5-7-10-25)37-33(40)27-13-24(3)14-28(17-27)34(41)38-12-8-11-30(38)22-42-4/h5-7,9-10,13-15,17-18,20,23,30-32,36,39H,8,11-12,16,19,21-22H2,1-4H3,(H,37,40)/t30-,31+,32-/m1/s1. The second-order valence-electron chi connectivity index (χ2n) is 11.6. The minimum atomic E-state index is -0.847. The number of aliphatic hydroxyl groups excluding tert-OH is 1. The van der Waals surface area contributed by atoms with Crippen LogP contribution in [0.2, 0.25) is 0 Å². The van der Waals surface area contributed by atoms with Gasteiger partial charge < -0.3 is 25.4 Å². The predicted octanol–water partition coefficient (Wildman–Crippen LogP) is 4.26. The van der Waals surface area contributed by atoms with Crippen LogP contribution in [-0.4, -0.2) is 71.8 Å². The van der Waals surface area contributed by atoms with Gasteiger partial charge in [0, 0.05) is 50.3 Å². The highest BCUT2D eigenvalue weighted by Gasteiger charge is 2.30. The molecule has 8 heteroatoms. The predicted molar refractivity (Wildman–Crippen MR) is 165 cm³/mol. The van der Waals surface area contributed by atoms with Gasteiger partial charge in [-0.2, -0.15) is 0 Å². The number of carbonyl (C=O) groups is 2. The van der Waals surface area contributed by atoms with Gasteiger partial charge in [0.25, 0.3) is 11.8 Å². The van der Waals surface area contributed by atoms with E-state index in [1.165, 1.54) is 5.56 Å². The molecule has 2 heterocycles. The summed E-state index contributed by atoms with van der Waals surface area (Å²) in [6.07, 6.45) is 5.16. The molecule has 2 amide bonds. The number of rotatable bonds is 13. The number of aliphatic hydroxyl groups is 1. The Bertz CT molecular complexity index is 1330. The monoisotopic (exact) mass is 572 g/mol. The van der Waals surface area contributed by atoms with Crippen LogP contribution >= 0.6 is 0 Å². The summed E-state index contributed by atoms with van der Waals surface area (Å²) in [6.45, 7) is 8.17. The Morgan fingerprint density at radius 3 is 2.57 bits per heavy atom. The number of ether oxygens (including phenoxy) is 1. The number of aryl methyl sites for hydroxylation is 1. The summed E-state index contributed by atoms with van der Waals surface area (Å²) in [5.74, 6) is -0.0297. The van der Waals surface area contributed by atoms with Crippen molar-refractivity contribution in [2.45, 2.75) is 70.7 Å². The average molecular weight is 573 g/mol. The zero-order valence-corrected chi connectivity index (χ0v) is 25.2. The van der Waals surface area contributed by atoms with Crippen molar-refractivity contribution in [1.29, 1.82) is 0 Å². The smallest absolute Gasteiger partial charge is 0.254 e. The maximum atomic E-state index is 13.6. The second-order valence-corrected chi connectivity index (χ2v) is 11.6. The average Bonchev–Trinajstić information content (AvgIpc) is 3.45. The summed E-state index contributed by atoms with van der Waals surface area (Å²) in [5, 5.41) is 17.6. The summed E-state index contributed by atoms with van der Waals surface area (Å²) in [5.41, 5.74) is 4.93. The molecule has 3 atom stereocenters. The lowest BCUT2D eigenvalue weighted by Gasteiger charge is -2.26. The number of amides is 2. The van der Waals surface area contributed by atoms with E-state index in [0.29, 0.717) is 43.2 Å². The van der Waals surface area contributed by atoms with Gasteiger partial charge in [-0.1, -0.05) is 50.2 Å². The Morgan fingerprint density at radius 1 is 1.07 bits per heavy atom. The summed E-state index contributed by atoms with van der Waals surface area (Å²) >= 11 is 0. The van der Waals surface area contributed by atoms with Crippen molar-refractivity contribution in [3.8, 4) is 0 Å². The van der Waals surface area contributed by atoms with E-state index in [-0.39, 0.29) is 24.4 Å². The third-order valence-electron chi connectivity index (χ3n) is 7.83. The lowest BCUT2D eigenvalue weighted by Crippen LogP contribution is -2.48. The van der Waals surface area contributed by atoms with E-state index in [1.807, 2.05) is 60.6 Å². The molecular weight excluding hydrogens is 528 g/mol. The van der Waals surface area contributed by atoms with Crippen LogP contribution < -0.4 is 10.6 Å². The SMILES string of the molecule is COC[C@H]1CCCN1C(=O)c1cc(C)cc(C(=O)N[C@@H](Cc2ccccc2)[C@H](O)CNCc2cncc(C(C)C)c2)c1. The number of pyridine rings is 1. The van der Waals surface area contributed by atoms with Crippen LogP contribution in [0.5, 0.6) is 0 Å². The Balaban J connectivity index is 1.47. The Hall–Kier alpha value is -3.59.